The molecular formula is C23H31ClFN5O. The minimum atomic E-state index is -1.22. The molecule has 1 aromatic carbocycles. The zero-order valence-electron chi connectivity index (χ0n) is 19.4. The largest absolute Gasteiger partial charge is 0.383 e. The number of aromatic nitrogens is 4. The average Bonchev–Trinajstić information content (AvgIpc) is 3.03. The van der Waals surface area contributed by atoms with Gasteiger partial charge in [-0.2, -0.15) is 0 Å². The standard InChI is InChI=1S/C23H31ClFN5O/c1-12(2)30-17-10-14(9-16(25)19(17)28-20(30)23(7,8)31)18-15(24)11-26-21(29-18)27-13(3)22(4,5)6/h9-13,31H,1-8H3,(H,26,27,29)/t13-/m1/s1. The van der Waals surface area contributed by atoms with Gasteiger partial charge in [-0.3, -0.25) is 0 Å². The van der Waals surface area contributed by atoms with Crippen LogP contribution in [0, 0.1) is 11.2 Å². The van der Waals surface area contributed by atoms with Crippen LogP contribution in [0.3, 0.4) is 0 Å². The quantitative estimate of drug-likeness (QED) is 0.506. The average molecular weight is 448 g/mol. The van der Waals surface area contributed by atoms with Crippen LogP contribution in [0.5, 0.6) is 0 Å². The molecule has 0 amide bonds. The number of hydrogen-bond donors (Lipinski definition) is 2. The molecule has 3 rings (SSSR count). The highest BCUT2D eigenvalue weighted by molar-refractivity contribution is 6.33. The molecule has 0 aliphatic heterocycles. The molecule has 2 aromatic heterocycles. The molecule has 0 bridgehead atoms. The fraction of sp³-hybridized carbons (Fsp3) is 0.522. The Bertz CT molecular complexity index is 1110. The number of rotatable bonds is 5. The lowest BCUT2D eigenvalue weighted by Crippen LogP contribution is -2.31. The number of nitrogens with one attached hydrogen (secondary N) is 1. The Kier molecular flexibility index (Phi) is 6.06. The number of anilines is 1. The topological polar surface area (TPSA) is 75.9 Å². The van der Waals surface area contributed by atoms with Gasteiger partial charge in [-0.05, 0) is 52.2 Å². The number of fused-ring (bicyclic) bond motifs is 1. The second-order valence-electron chi connectivity index (χ2n) is 9.91. The van der Waals surface area contributed by atoms with E-state index in [2.05, 4.69) is 48.0 Å². The van der Waals surface area contributed by atoms with Gasteiger partial charge < -0.3 is 15.0 Å². The lowest BCUT2D eigenvalue weighted by atomic mass is 9.88. The molecule has 168 valence electrons. The maximum Gasteiger partial charge on any atom is 0.223 e. The number of benzene rings is 1. The summed E-state index contributed by atoms with van der Waals surface area (Å²) in [5, 5.41) is 14.2. The van der Waals surface area contributed by atoms with Gasteiger partial charge in [0.05, 0.1) is 22.4 Å². The summed E-state index contributed by atoms with van der Waals surface area (Å²) in [6, 6.07) is 3.26. The Morgan fingerprint density at radius 3 is 2.29 bits per heavy atom. The Balaban J connectivity index is 2.18. The normalized spacial score (nSPS) is 13.8. The molecule has 31 heavy (non-hydrogen) atoms. The molecule has 0 saturated heterocycles. The van der Waals surface area contributed by atoms with Crippen molar-refractivity contribution in [1.82, 2.24) is 19.5 Å². The zero-order chi connectivity index (χ0) is 23.3. The van der Waals surface area contributed by atoms with Crippen LogP contribution in [-0.2, 0) is 5.60 Å². The maximum absolute atomic E-state index is 15.1. The maximum atomic E-state index is 15.1. The minimum absolute atomic E-state index is 0.00540. The summed E-state index contributed by atoms with van der Waals surface area (Å²) in [7, 11) is 0. The van der Waals surface area contributed by atoms with E-state index >= 15 is 4.39 Å². The molecule has 0 aliphatic rings. The van der Waals surface area contributed by atoms with Crippen LogP contribution >= 0.6 is 11.6 Å². The highest BCUT2D eigenvalue weighted by Crippen LogP contribution is 2.35. The van der Waals surface area contributed by atoms with E-state index in [0.29, 0.717) is 33.6 Å². The van der Waals surface area contributed by atoms with E-state index in [4.69, 9.17) is 11.6 Å². The molecule has 2 heterocycles. The lowest BCUT2D eigenvalue weighted by Gasteiger charge is -2.28. The van der Waals surface area contributed by atoms with Gasteiger partial charge in [-0.25, -0.2) is 19.3 Å². The summed E-state index contributed by atoms with van der Waals surface area (Å²) in [6.45, 7) is 15.6. The van der Waals surface area contributed by atoms with Gasteiger partial charge in [0.25, 0.3) is 0 Å². The Labute approximate surface area is 187 Å². The molecule has 0 saturated carbocycles. The third-order valence-corrected chi connectivity index (χ3v) is 5.75. The molecule has 2 N–H and O–H groups in total. The molecule has 6 nitrogen and oxygen atoms in total. The van der Waals surface area contributed by atoms with E-state index in [0.717, 1.165) is 0 Å². The van der Waals surface area contributed by atoms with Crippen molar-refractivity contribution in [2.45, 2.75) is 73.1 Å². The first-order chi connectivity index (χ1) is 14.2. The van der Waals surface area contributed by atoms with Crippen LogP contribution in [0.25, 0.3) is 22.3 Å². The van der Waals surface area contributed by atoms with Crippen LogP contribution < -0.4 is 5.32 Å². The van der Waals surface area contributed by atoms with Crippen LogP contribution in [0.4, 0.5) is 10.3 Å². The first-order valence-corrected chi connectivity index (χ1v) is 10.8. The summed E-state index contributed by atoms with van der Waals surface area (Å²) in [4.78, 5) is 13.3. The molecular weight excluding hydrogens is 417 g/mol. The van der Waals surface area contributed by atoms with Crippen molar-refractivity contribution in [1.29, 1.82) is 0 Å². The third kappa shape index (κ3) is 4.67. The van der Waals surface area contributed by atoms with Crippen LogP contribution in [0.15, 0.2) is 18.3 Å². The summed E-state index contributed by atoms with van der Waals surface area (Å²) in [6.07, 6.45) is 1.52. The summed E-state index contributed by atoms with van der Waals surface area (Å²) in [5.41, 5.74) is 0.526. The van der Waals surface area contributed by atoms with Crippen LogP contribution in [0.2, 0.25) is 5.02 Å². The van der Waals surface area contributed by atoms with Crippen molar-refractivity contribution in [2.75, 3.05) is 5.32 Å². The van der Waals surface area contributed by atoms with E-state index in [1.807, 2.05) is 24.5 Å². The van der Waals surface area contributed by atoms with Crippen molar-refractivity contribution in [3.05, 3.63) is 35.0 Å². The van der Waals surface area contributed by atoms with Gasteiger partial charge >= 0.3 is 0 Å². The number of halogens is 2. The van der Waals surface area contributed by atoms with Gasteiger partial charge in [0, 0.05) is 17.6 Å². The van der Waals surface area contributed by atoms with Crippen LogP contribution in [0.1, 0.15) is 67.3 Å². The van der Waals surface area contributed by atoms with Crippen molar-refractivity contribution in [3.63, 3.8) is 0 Å². The fourth-order valence-electron chi connectivity index (χ4n) is 3.29. The molecule has 0 unspecified atom stereocenters. The smallest absolute Gasteiger partial charge is 0.223 e. The fourth-order valence-corrected chi connectivity index (χ4v) is 3.49. The van der Waals surface area contributed by atoms with Gasteiger partial charge in [0.2, 0.25) is 5.95 Å². The first kappa shape index (κ1) is 23.4. The minimum Gasteiger partial charge on any atom is -0.383 e. The van der Waals surface area contributed by atoms with E-state index in [1.165, 1.54) is 12.3 Å². The highest BCUT2D eigenvalue weighted by Gasteiger charge is 2.28. The summed E-state index contributed by atoms with van der Waals surface area (Å²) >= 11 is 6.40. The second kappa shape index (κ2) is 8.02. The van der Waals surface area contributed by atoms with Gasteiger partial charge in [-0.1, -0.05) is 32.4 Å². The van der Waals surface area contributed by atoms with Crippen molar-refractivity contribution in [2.24, 2.45) is 5.41 Å². The monoisotopic (exact) mass is 447 g/mol. The molecule has 8 heteroatoms. The first-order valence-electron chi connectivity index (χ1n) is 10.4. The van der Waals surface area contributed by atoms with Gasteiger partial charge in [-0.15, -0.1) is 0 Å². The van der Waals surface area contributed by atoms with E-state index in [1.54, 1.807) is 13.8 Å². The second-order valence-corrected chi connectivity index (χ2v) is 10.3. The Morgan fingerprint density at radius 2 is 1.74 bits per heavy atom. The number of imidazole rings is 1. The highest BCUT2D eigenvalue weighted by atomic mass is 35.5. The van der Waals surface area contributed by atoms with Gasteiger partial charge in [0.1, 0.15) is 16.9 Å². The number of nitrogens with zero attached hydrogens (tertiary/aromatic N) is 4. The van der Waals surface area contributed by atoms with E-state index in [-0.39, 0.29) is 23.0 Å². The zero-order valence-corrected chi connectivity index (χ0v) is 20.1. The SMILES string of the molecule is CC(C)n1c(C(C)(C)O)nc2c(F)cc(-c3nc(N[C@H](C)C(C)(C)C)ncc3Cl)cc21. The Morgan fingerprint density at radius 1 is 1.10 bits per heavy atom. The van der Waals surface area contributed by atoms with E-state index in [9.17, 15) is 5.11 Å². The number of aliphatic hydroxyl groups is 1. The molecule has 3 aromatic rings. The van der Waals surface area contributed by atoms with E-state index < -0.39 is 11.4 Å². The van der Waals surface area contributed by atoms with Crippen molar-refractivity contribution >= 4 is 28.6 Å². The molecule has 1 atom stereocenters. The van der Waals surface area contributed by atoms with Crippen molar-refractivity contribution < 1.29 is 9.50 Å². The number of hydrogen-bond acceptors (Lipinski definition) is 5. The Hall–Kier alpha value is -2.25. The molecule has 0 radical (unpaired) electrons. The third-order valence-electron chi connectivity index (χ3n) is 5.47. The predicted molar refractivity (Wildman–Crippen MR) is 124 cm³/mol. The van der Waals surface area contributed by atoms with Crippen molar-refractivity contribution in [3.8, 4) is 11.3 Å². The summed E-state index contributed by atoms with van der Waals surface area (Å²) in [5.74, 6) is 0.338. The predicted octanol–water partition coefficient (Wildman–Crippen LogP) is 5.94. The molecule has 0 spiro atoms. The molecule has 0 aliphatic carbocycles. The lowest BCUT2D eigenvalue weighted by molar-refractivity contribution is 0.0641. The molecule has 0 fully saturated rings. The van der Waals surface area contributed by atoms with Crippen LogP contribution in [-0.4, -0.2) is 30.7 Å². The summed E-state index contributed by atoms with van der Waals surface area (Å²) < 4.78 is 17.0. The van der Waals surface area contributed by atoms with Gasteiger partial charge in [0.15, 0.2) is 5.82 Å².